The predicted octanol–water partition coefficient (Wildman–Crippen LogP) is 3.85. The molecule has 0 unspecified atom stereocenters. The van der Waals surface area contributed by atoms with Crippen LogP contribution in [0, 0.1) is 5.82 Å². The first-order chi connectivity index (χ1) is 8.38. The summed E-state index contributed by atoms with van der Waals surface area (Å²) in [6.07, 6.45) is -2.18. The van der Waals surface area contributed by atoms with E-state index in [4.69, 9.17) is 0 Å². The van der Waals surface area contributed by atoms with Crippen LogP contribution in [0.25, 0.3) is 0 Å². The summed E-state index contributed by atoms with van der Waals surface area (Å²) >= 11 is 2.99. The van der Waals surface area contributed by atoms with Crippen molar-refractivity contribution in [3.05, 3.63) is 52.3 Å². The van der Waals surface area contributed by atoms with Gasteiger partial charge in [0, 0.05) is 18.9 Å². The van der Waals surface area contributed by atoms with E-state index in [1.807, 2.05) is 0 Å². The maximum atomic E-state index is 13.0. The molecule has 96 valence electrons. The van der Waals surface area contributed by atoms with Gasteiger partial charge < -0.3 is 4.57 Å². The van der Waals surface area contributed by atoms with Crippen molar-refractivity contribution in [2.24, 2.45) is 0 Å². The van der Waals surface area contributed by atoms with Gasteiger partial charge >= 0.3 is 6.18 Å². The third-order valence-electron chi connectivity index (χ3n) is 2.31. The van der Waals surface area contributed by atoms with Crippen LogP contribution in [0.5, 0.6) is 0 Å². The van der Waals surface area contributed by atoms with Crippen molar-refractivity contribution in [3.8, 4) is 0 Å². The zero-order valence-electron chi connectivity index (χ0n) is 8.88. The van der Waals surface area contributed by atoms with Crippen molar-refractivity contribution in [2.45, 2.75) is 12.7 Å². The zero-order chi connectivity index (χ0) is 13.3. The van der Waals surface area contributed by atoms with Crippen molar-refractivity contribution in [3.63, 3.8) is 0 Å². The molecule has 1 aromatic carbocycles. The Morgan fingerprint density at radius 2 is 2.00 bits per heavy atom. The van der Waals surface area contributed by atoms with Crippen molar-refractivity contribution >= 4 is 15.9 Å². The molecule has 18 heavy (non-hydrogen) atoms. The Labute approximate surface area is 108 Å². The average Bonchev–Trinajstić information content (AvgIpc) is 2.71. The lowest BCUT2D eigenvalue weighted by molar-refractivity contribution is -0.147. The molecule has 1 heterocycles. The molecule has 0 saturated heterocycles. The highest BCUT2D eigenvalue weighted by molar-refractivity contribution is 9.10. The Bertz CT molecular complexity index is 562. The standard InChI is InChI=1S/C11H7BrF4N2/c12-8-5-7(1-2-9(8)13)6-18-4-3-17-10(18)11(14,15)16/h1-5H,6H2. The largest absolute Gasteiger partial charge is 0.449 e. The Kier molecular flexibility index (Phi) is 3.43. The summed E-state index contributed by atoms with van der Waals surface area (Å²) in [5, 5.41) is 0. The predicted molar refractivity (Wildman–Crippen MR) is 60.4 cm³/mol. The second kappa shape index (κ2) is 4.72. The number of imidazole rings is 1. The van der Waals surface area contributed by atoms with Crippen LogP contribution in [0.15, 0.2) is 35.1 Å². The Balaban J connectivity index is 2.29. The molecule has 0 N–H and O–H groups in total. The summed E-state index contributed by atoms with van der Waals surface area (Å²) in [4.78, 5) is 3.28. The van der Waals surface area contributed by atoms with Gasteiger partial charge in [-0.2, -0.15) is 13.2 Å². The monoisotopic (exact) mass is 322 g/mol. The van der Waals surface area contributed by atoms with E-state index in [0.29, 0.717) is 5.56 Å². The van der Waals surface area contributed by atoms with Gasteiger partial charge in [-0.05, 0) is 33.6 Å². The molecule has 7 heteroatoms. The van der Waals surface area contributed by atoms with E-state index in [0.717, 1.165) is 10.8 Å². The lowest BCUT2D eigenvalue weighted by atomic mass is 10.2. The van der Waals surface area contributed by atoms with Crippen LogP contribution in [-0.2, 0) is 12.7 Å². The van der Waals surface area contributed by atoms with Gasteiger partial charge in [0.1, 0.15) is 5.82 Å². The number of benzene rings is 1. The van der Waals surface area contributed by atoms with Gasteiger partial charge in [-0.3, -0.25) is 0 Å². The van der Waals surface area contributed by atoms with Crippen LogP contribution in [0.2, 0.25) is 0 Å². The third kappa shape index (κ3) is 2.72. The minimum Gasteiger partial charge on any atom is -0.323 e. The first kappa shape index (κ1) is 13.1. The van der Waals surface area contributed by atoms with Crippen LogP contribution in [0.3, 0.4) is 0 Å². The lowest BCUT2D eigenvalue weighted by Gasteiger charge is -2.10. The highest BCUT2D eigenvalue weighted by Gasteiger charge is 2.35. The summed E-state index contributed by atoms with van der Waals surface area (Å²) in [5.74, 6) is -1.43. The van der Waals surface area contributed by atoms with Gasteiger partial charge in [-0.15, -0.1) is 0 Å². The maximum absolute atomic E-state index is 13.0. The molecule has 0 aliphatic carbocycles. The molecule has 0 aliphatic heterocycles. The second-order valence-electron chi connectivity index (χ2n) is 3.62. The van der Waals surface area contributed by atoms with Crippen LogP contribution in [0.4, 0.5) is 17.6 Å². The first-order valence-corrected chi connectivity index (χ1v) is 5.69. The number of nitrogens with zero attached hydrogens (tertiary/aromatic N) is 2. The number of halogens is 5. The van der Waals surface area contributed by atoms with Crippen LogP contribution < -0.4 is 0 Å². The first-order valence-electron chi connectivity index (χ1n) is 4.90. The van der Waals surface area contributed by atoms with E-state index in [2.05, 4.69) is 20.9 Å². The normalized spacial score (nSPS) is 11.8. The van der Waals surface area contributed by atoms with E-state index in [1.165, 1.54) is 24.4 Å². The molecule has 0 aliphatic rings. The molecule has 0 saturated carbocycles. The Hall–Kier alpha value is -1.37. The number of alkyl halides is 3. The van der Waals surface area contributed by atoms with Crippen molar-refractivity contribution < 1.29 is 17.6 Å². The van der Waals surface area contributed by atoms with Crippen molar-refractivity contribution in [1.82, 2.24) is 9.55 Å². The molecule has 0 fully saturated rings. The van der Waals surface area contributed by atoms with E-state index in [9.17, 15) is 17.6 Å². The average molecular weight is 323 g/mol. The molecule has 1 aromatic heterocycles. The Morgan fingerprint density at radius 1 is 1.28 bits per heavy atom. The molecular weight excluding hydrogens is 316 g/mol. The van der Waals surface area contributed by atoms with Crippen molar-refractivity contribution in [1.29, 1.82) is 0 Å². The van der Waals surface area contributed by atoms with Gasteiger partial charge in [0.05, 0.1) is 4.47 Å². The van der Waals surface area contributed by atoms with Gasteiger partial charge in [-0.1, -0.05) is 6.07 Å². The summed E-state index contributed by atoms with van der Waals surface area (Å²) in [7, 11) is 0. The SMILES string of the molecule is Fc1ccc(Cn2ccnc2C(F)(F)F)cc1Br. The summed E-state index contributed by atoms with van der Waals surface area (Å²) in [6, 6.07) is 4.07. The smallest absolute Gasteiger partial charge is 0.323 e. The number of hydrogen-bond acceptors (Lipinski definition) is 1. The summed E-state index contributed by atoms with van der Waals surface area (Å²) in [5.41, 5.74) is 0.548. The minimum atomic E-state index is -4.50. The molecule has 0 atom stereocenters. The topological polar surface area (TPSA) is 17.8 Å². The highest BCUT2D eigenvalue weighted by Crippen LogP contribution is 2.28. The number of aromatic nitrogens is 2. The fourth-order valence-electron chi connectivity index (χ4n) is 1.53. The second-order valence-corrected chi connectivity index (χ2v) is 4.48. The highest BCUT2D eigenvalue weighted by atomic mass is 79.9. The van der Waals surface area contributed by atoms with E-state index < -0.39 is 17.8 Å². The van der Waals surface area contributed by atoms with Crippen molar-refractivity contribution in [2.75, 3.05) is 0 Å². The molecule has 2 aromatic rings. The molecule has 2 nitrogen and oxygen atoms in total. The fraction of sp³-hybridized carbons (Fsp3) is 0.182. The third-order valence-corrected chi connectivity index (χ3v) is 2.91. The minimum absolute atomic E-state index is 0.0201. The van der Waals surface area contributed by atoms with Crippen LogP contribution in [-0.4, -0.2) is 9.55 Å². The summed E-state index contributed by atoms with van der Waals surface area (Å²) in [6.45, 7) is -0.0201. The van der Waals surface area contributed by atoms with E-state index in [1.54, 1.807) is 0 Å². The van der Waals surface area contributed by atoms with Gasteiger partial charge in [0.25, 0.3) is 0 Å². The van der Waals surface area contributed by atoms with Gasteiger partial charge in [0.15, 0.2) is 0 Å². The fourth-order valence-corrected chi connectivity index (χ4v) is 1.95. The quantitative estimate of drug-likeness (QED) is 0.768. The van der Waals surface area contributed by atoms with Gasteiger partial charge in [0.2, 0.25) is 5.82 Å². The molecular formula is C11H7BrF4N2. The maximum Gasteiger partial charge on any atom is 0.449 e. The Morgan fingerprint density at radius 3 is 2.61 bits per heavy atom. The molecule has 0 bridgehead atoms. The van der Waals surface area contributed by atoms with Crippen LogP contribution in [0.1, 0.15) is 11.4 Å². The molecule has 0 radical (unpaired) electrons. The number of hydrogen-bond donors (Lipinski definition) is 0. The number of rotatable bonds is 2. The van der Waals surface area contributed by atoms with E-state index >= 15 is 0 Å². The molecule has 0 spiro atoms. The molecule has 2 rings (SSSR count). The van der Waals surface area contributed by atoms with Crippen LogP contribution >= 0.6 is 15.9 Å². The molecule has 0 amide bonds. The lowest BCUT2D eigenvalue weighted by Crippen LogP contribution is -2.15. The zero-order valence-corrected chi connectivity index (χ0v) is 10.5. The van der Waals surface area contributed by atoms with Gasteiger partial charge in [-0.25, -0.2) is 9.37 Å². The van der Waals surface area contributed by atoms with E-state index in [-0.39, 0.29) is 11.0 Å². The summed E-state index contributed by atoms with van der Waals surface area (Å²) < 4.78 is 51.9.